The third kappa shape index (κ3) is 8.54. The van der Waals surface area contributed by atoms with E-state index in [1.165, 1.54) is 18.5 Å². The second kappa shape index (κ2) is 15.2. The lowest BCUT2D eigenvalue weighted by Gasteiger charge is -2.37. The maximum absolute atomic E-state index is 14.5. The first-order valence-corrected chi connectivity index (χ1v) is 16.8. The number of rotatable bonds is 12. The molecule has 4 amide bonds. The SMILES string of the molecule is CNC(C)C(=O)NC(C(=O)N1CC(NC(=O)c2cn(C)cn2)CC1CN(CCc1ccc(F)cc1)C(=O)c1cn2ccccc2n1)C(C)(C)C. The smallest absolute Gasteiger partial charge is 0.274 e. The summed E-state index contributed by atoms with van der Waals surface area (Å²) >= 11 is 0. The maximum Gasteiger partial charge on any atom is 0.274 e. The van der Waals surface area contributed by atoms with Gasteiger partial charge in [-0.05, 0) is 62.1 Å². The number of fused-ring (bicyclic) bond motifs is 1. The molecule has 0 aliphatic carbocycles. The number of carbonyl (C=O) groups is 4. The van der Waals surface area contributed by atoms with E-state index in [4.69, 9.17) is 0 Å². The maximum atomic E-state index is 14.5. The van der Waals surface area contributed by atoms with Gasteiger partial charge >= 0.3 is 0 Å². The molecule has 4 atom stereocenters. The van der Waals surface area contributed by atoms with Crippen molar-refractivity contribution in [1.29, 1.82) is 0 Å². The lowest BCUT2D eigenvalue weighted by Crippen LogP contribution is -2.59. The summed E-state index contributed by atoms with van der Waals surface area (Å²) in [6.45, 7) is 7.92. The molecule has 1 aromatic carbocycles. The Labute approximate surface area is 291 Å². The second-order valence-electron chi connectivity index (χ2n) is 14.0. The number of carbonyl (C=O) groups excluding carboxylic acids is 4. The number of nitrogens with one attached hydrogen (secondary N) is 3. The number of aromatic nitrogens is 4. The van der Waals surface area contributed by atoms with Crippen LogP contribution in [0.1, 0.15) is 60.7 Å². The number of amides is 4. The summed E-state index contributed by atoms with van der Waals surface area (Å²) in [6, 6.07) is 9.23. The average Bonchev–Trinajstić information content (AvgIpc) is 3.82. The van der Waals surface area contributed by atoms with Gasteiger partial charge in [-0.3, -0.25) is 19.2 Å². The molecule has 1 aliphatic rings. The molecule has 50 heavy (non-hydrogen) atoms. The molecule has 1 saturated heterocycles. The van der Waals surface area contributed by atoms with Crippen molar-refractivity contribution in [2.45, 2.75) is 64.7 Å². The molecule has 266 valence electrons. The first-order chi connectivity index (χ1) is 23.7. The molecule has 0 radical (unpaired) electrons. The first-order valence-electron chi connectivity index (χ1n) is 16.8. The fourth-order valence-corrected chi connectivity index (χ4v) is 6.11. The van der Waals surface area contributed by atoms with Gasteiger partial charge in [-0.1, -0.05) is 39.0 Å². The third-order valence-corrected chi connectivity index (χ3v) is 9.08. The van der Waals surface area contributed by atoms with E-state index < -0.39 is 29.6 Å². The van der Waals surface area contributed by atoms with E-state index in [2.05, 4.69) is 25.9 Å². The molecule has 0 spiro atoms. The predicted octanol–water partition coefficient (Wildman–Crippen LogP) is 2.43. The van der Waals surface area contributed by atoms with Gasteiger partial charge in [-0.2, -0.15) is 0 Å². The van der Waals surface area contributed by atoms with Crippen molar-refractivity contribution in [2.75, 3.05) is 26.7 Å². The van der Waals surface area contributed by atoms with Crippen LogP contribution < -0.4 is 16.0 Å². The Kier molecular flexibility index (Phi) is 11.0. The number of hydrogen-bond acceptors (Lipinski definition) is 7. The molecule has 14 heteroatoms. The molecule has 5 rings (SSSR count). The van der Waals surface area contributed by atoms with Crippen molar-refractivity contribution in [2.24, 2.45) is 12.5 Å². The van der Waals surface area contributed by atoms with E-state index in [1.807, 2.05) is 45.2 Å². The minimum Gasteiger partial charge on any atom is -0.346 e. The number of halogens is 1. The number of benzene rings is 1. The molecule has 1 aliphatic heterocycles. The summed E-state index contributed by atoms with van der Waals surface area (Å²) in [5, 5.41) is 8.88. The summed E-state index contributed by atoms with van der Waals surface area (Å²) in [6.07, 6.45) is 7.42. The molecular formula is C36H46FN9O4. The van der Waals surface area contributed by atoms with Crippen LogP contribution in [0.25, 0.3) is 5.65 Å². The van der Waals surface area contributed by atoms with Crippen LogP contribution in [0.4, 0.5) is 4.39 Å². The van der Waals surface area contributed by atoms with Crippen molar-refractivity contribution < 1.29 is 23.6 Å². The highest BCUT2D eigenvalue weighted by Crippen LogP contribution is 2.27. The van der Waals surface area contributed by atoms with Crippen LogP contribution in [0.15, 0.2) is 67.4 Å². The van der Waals surface area contributed by atoms with Gasteiger partial charge in [0.25, 0.3) is 11.8 Å². The number of aryl methyl sites for hydroxylation is 1. The van der Waals surface area contributed by atoms with Gasteiger partial charge in [0.15, 0.2) is 0 Å². The monoisotopic (exact) mass is 687 g/mol. The minimum atomic E-state index is -0.889. The molecule has 13 nitrogen and oxygen atoms in total. The summed E-state index contributed by atoms with van der Waals surface area (Å²) < 4.78 is 17.1. The fraction of sp³-hybridized carbons (Fsp3) is 0.444. The highest BCUT2D eigenvalue weighted by Gasteiger charge is 2.44. The van der Waals surface area contributed by atoms with Gasteiger partial charge in [-0.25, -0.2) is 14.4 Å². The Morgan fingerprint density at radius 2 is 1.80 bits per heavy atom. The lowest BCUT2D eigenvalue weighted by atomic mass is 9.85. The summed E-state index contributed by atoms with van der Waals surface area (Å²) in [4.78, 5) is 67.0. The highest BCUT2D eigenvalue weighted by molar-refractivity contribution is 5.94. The zero-order valence-corrected chi connectivity index (χ0v) is 29.4. The lowest BCUT2D eigenvalue weighted by molar-refractivity contribution is -0.140. The molecular weight excluding hydrogens is 641 g/mol. The van der Waals surface area contributed by atoms with E-state index in [0.29, 0.717) is 18.5 Å². The van der Waals surface area contributed by atoms with Gasteiger partial charge in [0.1, 0.15) is 28.9 Å². The number of imidazole rings is 2. The number of hydrogen-bond donors (Lipinski definition) is 3. The summed E-state index contributed by atoms with van der Waals surface area (Å²) in [5.74, 6) is -1.68. The van der Waals surface area contributed by atoms with Crippen molar-refractivity contribution in [3.63, 3.8) is 0 Å². The Balaban J connectivity index is 1.46. The largest absolute Gasteiger partial charge is 0.346 e. The van der Waals surface area contributed by atoms with E-state index >= 15 is 0 Å². The number of pyridine rings is 1. The van der Waals surface area contributed by atoms with Crippen LogP contribution in [-0.2, 0) is 23.1 Å². The molecule has 4 unspecified atom stereocenters. The van der Waals surface area contributed by atoms with Crippen LogP contribution in [0.5, 0.6) is 0 Å². The van der Waals surface area contributed by atoms with Gasteiger partial charge in [0.05, 0.1) is 18.4 Å². The van der Waals surface area contributed by atoms with Crippen molar-refractivity contribution in [3.05, 3.63) is 90.2 Å². The van der Waals surface area contributed by atoms with Gasteiger partial charge in [-0.15, -0.1) is 0 Å². The Hall–Kier alpha value is -5.11. The van der Waals surface area contributed by atoms with Crippen LogP contribution in [-0.4, -0.2) is 103 Å². The molecule has 3 aromatic heterocycles. The van der Waals surface area contributed by atoms with E-state index in [0.717, 1.165) is 5.56 Å². The fourth-order valence-electron chi connectivity index (χ4n) is 6.11. The van der Waals surface area contributed by atoms with Gasteiger partial charge < -0.3 is 34.7 Å². The highest BCUT2D eigenvalue weighted by atomic mass is 19.1. The van der Waals surface area contributed by atoms with Crippen molar-refractivity contribution in [3.8, 4) is 0 Å². The van der Waals surface area contributed by atoms with Crippen molar-refractivity contribution in [1.82, 2.24) is 44.7 Å². The van der Waals surface area contributed by atoms with E-state index in [1.54, 1.807) is 64.3 Å². The van der Waals surface area contributed by atoms with Crippen LogP contribution in [0.2, 0.25) is 0 Å². The standard InChI is InChI=1S/C36H46FN9O4/c1-23(38-5)32(47)42-31(36(2,3)4)35(50)46-18-26(40-33(48)28-20-43(6)22-39-28)17-27(46)19-45(16-14-24-10-12-25(37)13-11-24)34(49)29-21-44-15-8-7-9-30(44)41-29/h7-13,15,20-23,26-27,31,38H,14,16-19H2,1-6H3,(H,40,48)(H,42,47). The topological polar surface area (TPSA) is 146 Å². The molecule has 4 heterocycles. The molecule has 3 N–H and O–H groups in total. The molecule has 1 fully saturated rings. The third-order valence-electron chi connectivity index (χ3n) is 9.08. The zero-order valence-electron chi connectivity index (χ0n) is 29.4. The van der Waals surface area contributed by atoms with Crippen LogP contribution in [0.3, 0.4) is 0 Å². The van der Waals surface area contributed by atoms with Gasteiger partial charge in [0.2, 0.25) is 11.8 Å². The Bertz CT molecular complexity index is 1800. The van der Waals surface area contributed by atoms with Crippen LogP contribution in [0, 0.1) is 11.2 Å². The summed E-state index contributed by atoms with van der Waals surface area (Å²) in [7, 11) is 3.44. The molecule has 4 aromatic rings. The predicted molar refractivity (Wildman–Crippen MR) is 186 cm³/mol. The molecule has 0 bridgehead atoms. The van der Waals surface area contributed by atoms with Crippen molar-refractivity contribution >= 4 is 29.3 Å². The van der Waals surface area contributed by atoms with Gasteiger partial charge in [0, 0.05) is 51.3 Å². The average molecular weight is 688 g/mol. The number of likely N-dealkylation sites (tertiary alicyclic amines) is 1. The summed E-state index contributed by atoms with van der Waals surface area (Å²) in [5.41, 5.74) is 1.29. The van der Waals surface area contributed by atoms with E-state index in [9.17, 15) is 23.6 Å². The first kappa shape index (κ1) is 36.2. The number of likely N-dealkylation sites (N-methyl/N-ethyl adjacent to an activating group) is 1. The zero-order chi connectivity index (χ0) is 36.2. The normalized spacial score (nSPS) is 17.4. The Morgan fingerprint density at radius 1 is 1.06 bits per heavy atom. The Morgan fingerprint density at radius 3 is 2.44 bits per heavy atom. The second-order valence-corrected chi connectivity index (χ2v) is 14.0. The number of nitrogens with zero attached hydrogens (tertiary/aromatic N) is 6. The minimum absolute atomic E-state index is 0.132. The quantitative estimate of drug-likeness (QED) is 0.208. The van der Waals surface area contributed by atoms with E-state index in [-0.39, 0.29) is 60.5 Å². The van der Waals surface area contributed by atoms with Crippen LogP contribution >= 0.6 is 0 Å². The molecule has 0 saturated carbocycles.